The number of carbonyl (C=O) groups excluding carboxylic acids is 1. The molecule has 2 aliphatic rings. The van der Waals surface area contributed by atoms with Crippen LogP contribution < -0.4 is 10.6 Å². The topological polar surface area (TPSA) is 78.6 Å². The van der Waals surface area contributed by atoms with Gasteiger partial charge in [0.15, 0.2) is 0 Å². The van der Waals surface area contributed by atoms with Crippen molar-refractivity contribution in [3.63, 3.8) is 0 Å². The first-order valence-electron chi connectivity index (χ1n) is 8.83. The van der Waals surface area contributed by atoms with Crippen LogP contribution in [-0.4, -0.2) is 78.5 Å². The van der Waals surface area contributed by atoms with Crippen molar-refractivity contribution in [2.24, 2.45) is 5.73 Å². The second kappa shape index (κ2) is 7.44. The number of likely N-dealkylation sites (N-methyl/N-ethyl adjacent to an activating group) is 1. The van der Waals surface area contributed by atoms with E-state index in [1.165, 1.54) is 11.3 Å². The van der Waals surface area contributed by atoms with Crippen molar-refractivity contribution < 1.29 is 4.79 Å². The number of fused-ring (bicyclic) bond motifs is 1. The molecule has 2 N–H and O–H groups in total. The summed E-state index contributed by atoms with van der Waals surface area (Å²) in [6.07, 6.45) is 2.46. The molecule has 0 aliphatic carbocycles. The number of anilines is 1. The highest BCUT2D eigenvalue weighted by Gasteiger charge is 2.24. The molecule has 132 valence electrons. The maximum Gasteiger partial charge on any atom is 0.218 e. The molecule has 0 spiro atoms. The number of hydrogen-bond donors (Lipinski definition) is 1. The number of hydrogen-bond acceptors (Lipinski definition) is 6. The van der Waals surface area contributed by atoms with Gasteiger partial charge in [0.05, 0.1) is 5.69 Å². The molecule has 3 heterocycles. The molecule has 0 saturated carbocycles. The molecule has 3 rings (SSSR count). The first-order valence-corrected chi connectivity index (χ1v) is 8.83. The number of nitrogens with two attached hydrogens (primary N) is 1. The van der Waals surface area contributed by atoms with E-state index in [9.17, 15) is 4.79 Å². The van der Waals surface area contributed by atoms with Crippen LogP contribution in [0.4, 0.5) is 5.82 Å². The first-order chi connectivity index (χ1) is 11.5. The van der Waals surface area contributed by atoms with Crippen LogP contribution in [0.3, 0.4) is 0 Å². The summed E-state index contributed by atoms with van der Waals surface area (Å²) in [6.45, 7) is 8.65. The number of amides is 1. The molecule has 0 bridgehead atoms. The summed E-state index contributed by atoms with van der Waals surface area (Å²) in [7, 11) is 2.17. The molecule has 1 amide bonds. The molecule has 0 atom stereocenters. The molecule has 0 unspecified atom stereocenters. The monoisotopic (exact) mass is 332 g/mol. The Hall–Kier alpha value is -1.73. The van der Waals surface area contributed by atoms with Gasteiger partial charge in [0, 0.05) is 64.2 Å². The van der Waals surface area contributed by atoms with Gasteiger partial charge in [-0.05, 0) is 20.4 Å². The van der Waals surface area contributed by atoms with Gasteiger partial charge in [-0.3, -0.25) is 9.69 Å². The van der Waals surface area contributed by atoms with Gasteiger partial charge in [0.1, 0.15) is 11.6 Å². The van der Waals surface area contributed by atoms with Gasteiger partial charge in [-0.1, -0.05) is 0 Å². The van der Waals surface area contributed by atoms with E-state index in [-0.39, 0.29) is 5.91 Å². The minimum absolute atomic E-state index is 0.224. The predicted molar refractivity (Wildman–Crippen MR) is 94.1 cm³/mol. The molecular weight excluding hydrogens is 304 g/mol. The fourth-order valence-corrected chi connectivity index (χ4v) is 3.52. The Labute approximate surface area is 143 Å². The van der Waals surface area contributed by atoms with Crippen molar-refractivity contribution in [3.05, 3.63) is 17.1 Å². The second-order valence-electron chi connectivity index (χ2n) is 6.87. The van der Waals surface area contributed by atoms with Crippen molar-refractivity contribution in [2.75, 3.05) is 57.8 Å². The lowest BCUT2D eigenvalue weighted by atomic mass is 10.1. The lowest BCUT2D eigenvalue weighted by Crippen LogP contribution is -2.47. The summed E-state index contributed by atoms with van der Waals surface area (Å²) in [5.41, 5.74) is 7.80. The molecule has 0 aromatic carbocycles. The van der Waals surface area contributed by atoms with Gasteiger partial charge in [-0.25, -0.2) is 9.97 Å². The summed E-state index contributed by atoms with van der Waals surface area (Å²) in [6, 6.07) is 0. The van der Waals surface area contributed by atoms with E-state index in [0.29, 0.717) is 6.42 Å². The molecule has 24 heavy (non-hydrogen) atoms. The van der Waals surface area contributed by atoms with E-state index >= 15 is 0 Å². The summed E-state index contributed by atoms with van der Waals surface area (Å²) in [5, 5.41) is 0. The van der Waals surface area contributed by atoms with Gasteiger partial charge in [-0.15, -0.1) is 0 Å². The molecular formula is C17H28N6O. The van der Waals surface area contributed by atoms with Crippen molar-refractivity contribution >= 4 is 11.7 Å². The molecule has 1 fully saturated rings. The van der Waals surface area contributed by atoms with Gasteiger partial charge in [-0.2, -0.15) is 0 Å². The Bertz CT molecular complexity index is 597. The number of carbonyl (C=O) groups is 1. The van der Waals surface area contributed by atoms with E-state index in [1.54, 1.807) is 0 Å². The van der Waals surface area contributed by atoms with E-state index < -0.39 is 0 Å². The molecule has 1 aromatic heterocycles. The fourth-order valence-electron chi connectivity index (χ4n) is 3.52. The Morgan fingerprint density at radius 1 is 1.08 bits per heavy atom. The number of primary amides is 1. The van der Waals surface area contributed by atoms with Gasteiger partial charge in [0.25, 0.3) is 0 Å². The number of nitrogens with zero attached hydrogens (tertiary/aromatic N) is 5. The highest BCUT2D eigenvalue weighted by molar-refractivity contribution is 5.73. The van der Waals surface area contributed by atoms with Crippen LogP contribution in [0.25, 0.3) is 0 Å². The van der Waals surface area contributed by atoms with Crippen LogP contribution in [-0.2, 0) is 17.6 Å². The van der Waals surface area contributed by atoms with Crippen LogP contribution in [0.2, 0.25) is 0 Å². The summed E-state index contributed by atoms with van der Waals surface area (Å²) < 4.78 is 0. The van der Waals surface area contributed by atoms with Crippen molar-refractivity contribution in [2.45, 2.75) is 26.2 Å². The predicted octanol–water partition coefficient (Wildman–Crippen LogP) is -0.187. The maximum atomic E-state index is 10.9. The molecule has 1 saturated heterocycles. The molecule has 0 radical (unpaired) electrons. The Balaban J connectivity index is 1.72. The minimum Gasteiger partial charge on any atom is -0.370 e. The van der Waals surface area contributed by atoms with Crippen LogP contribution in [0, 0.1) is 6.92 Å². The Morgan fingerprint density at radius 3 is 2.50 bits per heavy atom. The summed E-state index contributed by atoms with van der Waals surface area (Å²) >= 11 is 0. The first kappa shape index (κ1) is 17.1. The van der Waals surface area contributed by atoms with Crippen molar-refractivity contribution in [1.82, 2.24) is 19.8 Å². The van der Waals surface area contributed by atoms with Crippen LogP contribution in [0.15, 0.2) is 0 Å². The standard InChI is InChI=1S/C17H28N6O/c1-13-19-15-4-7-21(2)6-3-14(15)17(20-13)23-11-9-22(10-12-23)8-5-16(18)24/h3-12H2,1-2H3,(H2,18,24). The number of aromatic nitrogens is 2. The summed E-state index contributed by atoms with van der Waals surface area (Å²) in [4.78, 5) is 27.5. The van der Waals surface area contributed by atoms with Crippen LogP contribution >= 0.6 is 0 Å². The van der Waals surface area contributed by atoms with Crippen LogP contribution in [0.1, 0.15) is 23.5 Å². The zero-order valence-electron chi connectivity index (χ0n) is 14.8. The zero-order chi connectivity index (χ0) is 17.1. The zero-order valence-corrected chi connectivity index (χ0v) is 14.8. The van der Waals surface area contributed by atoms with Gasteiger partial charge < -0.3 is 15.5 Å². The molecule has 7 nitrogen and oxygen atoms in total. The molecule has 1 aromatic rings. The highest BCUT2D eigenvalue weighted by atomic mass is 16.1. The Kier molecular flexibility index (Phi) is 5.30. The SMILES string of the molecule is Cc1nc2c(c(N3CCN(CCC(N)=O)CC3)n1)CCN(C)CC2. The van der Waals surface area contributed by atoms with Gasteiger partial charge in [0.2, 0.25) is 5.91 Å². The quantitative estimate of drug-likeness (QED) is 0.824. The third-order valence-electron chi connectivity index (χ3n) is 5.00. The number of piperazine rings is 1. The molecule has 7 heteroatoms. The minimum atomic E-state index is -0.224. The van der Waals surface area contributed by atoms with Gasteiger partial charge >= 0.3 is 0 Å². The lowest BCUT2D eigenvalue weighted by Gasteiger charge is -2.36. The van der Waals surface area contributed by atoms with E-state index in [2.05, 4.69) is 21.7 Å². The van der Waals surface area contributed by atoms with E-state index in [1.807, 2.05) is 6.92 Å². The average Bonchev–Trinajstić information content (AvgIpc) is 2.75. The third kappa shape index (κ3) is 4.02. The smallest absolute Gasteiger partial charge is 0.218 e. The second-order valence-corrected chi connectivity index (χ2v) is 6.87. The Morgan fingerprint density at radius 2 is 1.79 bits per heavy atom. The normalized spacial score (nSPS) is 19.8. The van der Waals surface area contributed by atoms with E-state index in [4.69, 9.17) is 15.7 Å². The lowest BCUT2D eigenvalue weighted by molar-refractivity contribution is -0.118. The summed E-state index contributed by atoms with van der Waals surface area (Å²) in [5.74, 6) is 1.77. The average molecular weight is 332 g/mol. The number of aryl methyl sites for hydroxylation is 1. The third-order valence-corrected chi connectivity index (χ3v) is 5.00. The fraction of sp³-hybridized carbons (Fsp3) is 0.706. The van der Waals surface area contributed by atoms with Crippen molar-refractivity contribution in [1.29, 1.82) is 0 Å². The molecule has 2 aliphatic heterocycles. The largest absolute Gasteiger partial charge is 0.370 e. The van der Waals surface area contributed by atoms with E-state index in [0.717, 1.165) is 70.3 Å². The maximum absolute atomic E-state index is 10.9. The van der Waals surface area contributed by atoms with Crippen LogP contribution in [0.5, 0.6) is 0 Å². The van der Waals surface area contributed by atoms with Crippen molar-refractivity contribution in [3.8, 4) is 0 Å². The number of rotatable bonds is 4. The highest BCUT2D eigenvalue weighted by Crippen LogP contribution is 2.25.